The summed E-state index contributed by atoms with van der Waals surface area (Å²) in [6, 6.07) is 5.35. The highest BCUT2D eigenvalue weighted by molar-refractivity contribution is 7.07. The van der Waals surface area contributed by atoms with Crippen molar-refractivity contribution in [1.29, 1.82) is 0 Å². The summed E-state index contributed by atoms with van der Waals surface area (Å²) in [4.78, 5) is 0. The summed E-state index contributed by atoms with van der Waals surface area (Å²) in [6.45, 7) is 0.371. The molecule has 0 bridgehead atoms. The maximum absolute atomic E-state index is 10.0. The summed E-state index contributed by atoms with van der Waals surface area (Å²) in [5.74, 6) is 1.17. The fraction of sp³-hybridized carbons (Fsp3) is 0.286. The van der Waals surface area contributed by atoms with E-state index in [0.717, 1.165) is 5.56 Å². The highest BCUT2D eigenvalue weighted by atomic mass is 32.1. The van der Waals surface area contributed by atoms with E-state index in [0.29, 0.717) is 29.4 Å². The van der Waals surface area contributed by atoms with E-state index in [2.05, 4.69) is 5.32 Å². The lowest BCUT2D eigenvalue weighted by Crippen LogP contribution is -2.12. The van der Waals surface area contributed by atoms with Crippen LogP contribution in [-0.4, -0.2) is 25.9 Å². The van der Waals surface area contributed by atoms with Crippen molar-refractivity contribution in [2.24, 2.45) is 0 Å². The minimum Gasteiger partial charge on any atom is -0.493 e. The Morgan fingerprint density at radius 3 is 2.60 bits per heavy atom. The molecule has 1 unspecified atom stereocenters. The van der Waals surface area contributed by atoms with E-state index in [1.807, 2.05) is 16.8 Å². The van der Waals surface area contributed by atoms with Gasteiger partial charge >= 0.3 is 0 Å². The number of aliphatic hydroxyl groups excluding tert-OH is 1. The highest BCUT2D eigenvalue weighted by Crippen LogP contribution is 2.35. The summed E-state index contributed by atoms with van der Waals surface area (Å²) >= 11 is 1.55. The third-order valence-electron chi connectivity index (χ3n) is 2.97. The molecule has 4 N–H and O–H groups in total. The van der Waals surface area contributed by atoms with Crippen LogP contribution in [0.5, 0.6) is 11.5 Å². The maximum Gasteiger partial charge on any atom is 0.162 e. The van der Waals surface area contributed by atoms with Gasteiger partial charge in [0.2, 0.25) is 0 Å². The zero-order valence-corrected chi connectivity index (χ0v) is 12.2. The number of rotatable bonds is 6. The smallest absolute Gasteiger partial charge is 0.162 e. The second-order valence-corrected chi connectivity index (χ2v) is 5.03. The standard InChI is InChI=1S/C14H18N2O3S/c1-18-13-5-10(15)11(6-14(13)19-2)16-7-12(17)9-3-4-20-8-9/h3-6,8,12,16-17H,7,15H2,1-2H3. The van der Waals surface area contributed by atoms with E-state index in [-0.39, 0.29) is 0 Å². The minimum absolute atomic E-state index is 0.371. The lowest BCUT2D eigenvalue weighted by atomic mass is 10.2. The van der Waals surface area contributed by atoms with Crippen molar-refractivity contribution >= 4 is 22.7 Å². The maximum atomic E-state index is 10.0. The number of benzene rings is 1. The summed E-state index contributed by atoms with van der Waals surface area (Å²) in [5.41, 5.74) is 8.09. The summed E-state index contributed by atoms with van der Waals surface area (Å²) in [6.07, 6.45) is -0.575. The number of aliphatic hydroxyl groups is 1. The van der Waals surface area contributed by atoms with Gasteiger partial charge in [-0.05, 0) is 22.4 Å². The molecule has 5 nitrogen and oxygen atoms in total. The number of nitrogens with two attached hydrogens (primary N) is 1. The van der Waals surface area contributed by atoms with Crippen LogP contribution in [0.3, 0.4) is 0 Å². The van der Waals surface area contributed by atoms with Crippen molar-refractivity contribution < 1.29 is 14.6 Å². The molecule has 108 valence electrons. The van der Waals surface area contributed by atoms with E-state index < -0.39 is 6.10 Å². The van der Waals surface area contributed by atoms with Crippen molar-refractivity contribution in [3.63, 3.8) is 0 Å². The van der Waals surface area contributed by atoms with Gasteiger partial charge in [0.15, 0.2) is 11.5 Å². The monoisotopic (exact) mass is 294 g/mol. The molecule has 0 aliphatic heterocycles. The molecular formula is C14H18N2O3S. The number of nitrogens with one attached hydrogen (secondary N) is 1. The molecule has 1 heterocycles. The quantitative estimate of drug-likeness (QED) is 0.714. The fourth-order valence-corrected chi connectivity index (χ4v) is 2.54. The first-order valence-corrected chi connectivity index (χ1v) is 7.05. The number of thiophene rings is 1. The summed E-state index contributed by atoms with van der Waals surface area (Å²) in [7, 11) is 3.13. The molecule has 6 heteroatoms. The molecule has 0 aliphatic rings. The average Bonchev–Trinajstić information content (AvgIpc) is 2.99. The third-order valence-corrected chi connectivity index (χ3v) is 3.67. The van der Waals surface area contributed by atoms with E-state index in [4.69, 9.17) is 15.2 Å². The Labute approximate surface area is 121 Å². The van der Waals surface area contributed by atoms with Gasteiger partial charge in [0.25, 0.3) is 0 Å². The van der Waals surface area contributed by atoms with E-state index in [1.54, 1.807) is 37.7 Å². The van der Waals surface area contributed by atoms with E-state index >= 15 is 0 Å². The molecule has 20 heavy (non-hydrogen) atoms. The van der Waals surface area contributed by atoms with Crippen molar-refractivity contribution in [2.45, 2.75) is 6.10 Å². The number of anilines is 2. The number of methoxy groups -OCH3 is 2. The lowest BCUT2D eigenvalue weighted by Gasteiger charge is -2.16. The first-order valence-electron chi connectivity index (χ1n) is 6.11. The Bertz CT molecular complexity index is 558. The SMILES string of the molecule is COc1cc(N)c(NCC(O)c2ccsc2)cc1OC. The molecular weight excluding hydrogens is 276 g/mol. The van der Waals surface area contributed by atoms with Gasteiger partial charge in [0, 0.05) is 18.7 Å². The molecule has 1 aromatic heterocycles. The predicted octanol–water partition coefficient (Wildman–Crippen LogP) is 2.49. The van der Waals surface area contributed by atoms with Crippen LogP contribution in [0.4, 0.5) is 11.4 Å². The van der Waals surface area contributed by atoms with Gasteiger partial charge in [-0.1, -0.05) is 0 Å². The Balaban J connectivity index is 2.09. The van der Waals surface area contributed by atoms with Crippen LogP contribution >= 0.6 is 11.3 Å². The number of nitrogen functional groups attached to an aromatic ring is 1. The molecule has 1 atom stereocenters. The second kappa shape index (κ2) is 6.49. The zero-order valence-electron chi connectivity index (χ0n) is 11.4. The minimum atomic E-state index is -0.575. The first-order chi connectivity index (χ1) is 9.65. The molecule has 0 saturated heterocycles. The Morgan fingerprint density at radius 2 is 2.00 bits per heavy atom. The summed E-state index contributed by atoms with van der Waals surface area (Å²) < 4.78 is 10.4. The third kappa shape index (κ3) is 3.15. The predicted molar refractivity (Wildman–Crippen MR) is 81.7 cm³/mol. The van der Waals surface area contributed by atoms with Gasteiger partial charge in [0.05, 0.1) is 31.7 Å². The summed E-state index contributed by atoms with van der Waals surface area (Å²) in [5, 5.41) is 17.0. The molecule has 0 saturated carbocycles. The molecule has 0 spiro atoms. The van der Waals surface area contributed by atoms with Crippen LogP contribution in [0.25, 0.3) is 0 Å². The van der Waals surface area contributed by atoms with Crippen LogP contribution in [0.2, 0.25) is 0 Å². The molecule has 2 aromatic rings. The van der Waals surface area contributed by atoms with Gasteiger partial charge in [-0.25, -0.2) is 0 Å². The van der Waals surface area contributed by atoms with Gasteiger partial charge < -0.3 is 25.6 Å². The normalized spacial score (nSPS) is 11.9. The van der Waals surface area contributed by atoms with Gasteiger partial charge in [0.1, 0.15) is 0 Å². The Kier molecular flexibility index (Phi) is 4.70. The van der Waals surface area contributed by atoms with Gasteiger partial charge in [-0.3, -0.25) is 0 Å². The number of hydrogen-bond donors (Lipinski definition) is 3. The fourth-order valence-electron chi connectivity index (χ4n) is 1.84. The van der Waals surface area contributed by atoms with Crippen LogP contribution in [0.1, 0.15) is 11.7 Å². The number of hydrogen-bond acceptors (Lipinski definition) is 6. The Hall–Kier alpha value is -1.92. The molecule has 2 rings (SSSR count). The van der Waals surface area contributed by atoms with Crippen molar-refractivity contribution in [3.05, 3.63) is 34.5 Å². The van der Waals surface area contributed by atoms with Crippen LogP contribution < -0.4 is 20.5 Å². The molecule has 0 aliphatic carbocycles. The van der Waals surface area contributed by atoms with Crippen molar-refractivity contribution in [2.75, 3.05) is 31.8 Å². The Morgan fingerprint density at radius 1 is 1.30 bits per heavy atom. The van der Waals surface area contributed by atoms with Crippen LogP contribution in [-0.2, 0) is 0 Å². The number of ether oxygens (including phenoxy) is 2. The molecule has 0 radical (unpaired) electrons. The van der Waals surface area contributed by atoms with Crippen molar-refractivity contribution in [1.82, 2.24) is 0 Å². The van der Waals surface area contributed by atoms with Gasteiger partial charge in [-0.2, -0.15) is 11.3 Å². The van der Waals surface area contributed by atoms with Crippen LogP contribution in [0.15, 0.2) is 29.0 Å². The molecule has 0 fully saturated rings. The second-order valence-electron chi connectivity index (χ2n) is 4.25. The first kappa shape index (κ1) is 14.5. The van der Waals surface area contributed by atoms with E-state index in [1.165, 1.54) is 0 Å². The lowest BCUT2D eigenvalue weighted by molar-refractivity contribution is 0.192. The van der Waals surface area contributed by atoms with Crippen LogP contribution in [0, 0.1) is 0 Å². The molecule has 1 aromatic carbocycles. The zero-order chi connectivity index (χ0) is 14.5. The van der Waals surface area contributed by atoms with Gasteiger partial charge in [-0.15, -0.1) is 0 Å². The largest absolute Gasteiger partial charge is 0.493 e. The highest BCUT2D eigenvalue weighted by Gasteiger charge is 2.12. The topological polar surface area (TPSA) is 76.7 Å². The average molecular weight is 294 g/mol. The molecule has 0 amide bonds. The van der Waals surface area contributed by atoms with E-state index in [9.17, 15) is 5.11 Å². The van der Waals surface area contributed by atoms with Crippen molar-refractivity contribution in [3.8, 4) is 11.5 Å².